The SMILES string of the molecule is ClC1=CCc2cccc(Cl)c2N1. The Balaban J connectivity index is 2.49. The van der Waals surface area contributed by atoms with Crippen LogP contribution in [0.15, 0.2) is 29.4 Å². The quantitative estimate of drug-likeness (QED) is 0.633. The van der Waals surface area contributed by atoms with Crippen molar-refractivity contribution in [3.63, 3.8) is 0 Å². The van der Waals surface area contributed by atoms with Gasteiger partial charge in [0.05, 0.1) is 10.7 Å². The lowest BCUT2D eigenvalue weighted by Crippen LogP contribution is -2.04. The third-order valence-corrected chi connectivity index (χ3v) is 2.41. The first-order valence-corrected chi connectivity index (χ1v) is 4.43. The fraction of sp³-hybridized carbons (Fsp3) is 0.111. The van der Waals surface area contributed by atoms with Gasteiger partial charge in [-0.1, -0.05) is 35.3 Å². The summed E-state index contributed by atoms with van der Waals surface area (Å²) in [5.74, 6) is 0. The summed E-state index contributed by atoms with van der Waals surface area (Å²) >= 11 is 11.8. The number of halogens is 2. The normalized spacial score (nSPS) is 14.7. The highest BCUT2D eigenvalue weighted by Crippen LogP contribution is 2.31. The molecule has 1 aliphatic rings. The molecule has 1 N–H and O–H groups in total. The van der Waals surface area contributed by atoms with Crippen LogP contribution >= 0.6 is 23.2 Å². The zero-order valence-electron chi connectivity index (χ0n) is 6.27. The van der Waals surface area contributed by atoms with E-state index in [0.29, 0.717) is 5.16 Å². The molecule has 0 atom stereocenters. The highest BCUT2D eigenvalue weighted by atomic mass is 35.5. The topological polar surface area (TPSA) is 12.0 Å². The Kier molecular flexibility index (Phi) is 1.99. The van der Waals surface area contributed by atoms with Crippen molar-refractivity contribution in [2.45, 2.75) is 6.42 Å². The molecule has 0 aliphatic carbocycles. The molecule has 0 bridgehead atoms. The zero-order chi connectivity index (χ0) is 8.55. The molecular formula is C9H7Cl2N. The molecule has 12 heavy (non-hydrogen) atoms. The number of anilines is 1. The third kappa shape index (κ3) is 1.30. The van der Waals surface area contributed by atoms with E-state index < -0.39 is 0 Å². The molecule has 0 saturated carbocycles. The van der Waals surface area contributed by atoms with Crippen molar-refractivity contribution in [1.29, 1.82) is 0 Å². The summed E-state index contributed by atoms with van der Waals surface area (Å²) in [6.45, 7) is 0. The van der Waals surface area contributed by atoms with E-state index in [1.54, 1.807) is 0 Å². The van der Waals surface area contributed by atoms with Crippen molar-refractivity contribution >= 4 is 28.9 Å². The highest BCUT2D eigenvalue weighted by Gasteiger charge is 2.10. The van der Waals surface area contributed by atoms with E-state index in [4.69, 9.17) is 23.2 Å². The van der Waals surface area contributed by atoms with Crippen LogP contribution in [-0.2, 0) is 6.42 Å². The average Bonchev–Trinajstić information content (AvgIpc) is 2.07. The number of fused-ring (bicyclic) bond motifs is 1. The molecular weight excluding hydrogens is 193 g/mol. The van der Waals surface area contributed by atoms with Gasteiger partial charge in [0.1, 0.15) is 5.16 Å². The fourth-order valence-corrected chi connectivity index (χ4v) is 1.66. The second-order valence-electron chi connectivity index (χ2n) is 2.66. The van der Waals surface area contributed by atoms with Crippen molar-refractivity contribution in [1.82, 2.24) is 0 Å². The van der Waals surface area contributed by atoms with Crippen LogP contribution in [0.4, 0.5) is 5.69 Å². The van der Waals surface area contributed by atoms with Crippen LogP contribution in [0.25, 0.3) is 0 Å². The molecule has 0 aromatic heterocycles. The number of rotatable bonds is 0. The number of benzene rings is 1. The van der Waals surface area contributed by atoms with Crippen molar-refractivity contribution in [3.8, 4) is 0 Å². The molecule has 62 valence electrons. The predicted octanol–water partition coefficient (Wildman–Crippen LogP) is 3.39. The third-order valence-electron chi connectivity index (χ3n) is 1.85. The van der Waals surface area contributed by atoms with E-state index in [2.05, 4.69) is 5.32 Å². The Hall–Kier alpha value is -0.660. The van der Waals surface area contributed by atoms with Gasteiger partial charge in [-0.15, -0.1) is 0 Å². The first-order valence-electron chi connectivity index (χ1n) is 3.67. The van der Waals surface area contributed by atoms with E-state index in [1.807, 2.05) is 24.3 Å². The van der Waals surface area contributed by atoms with Crippen LogP contribution in [0, 0.1) is 0 Å². The second kappa shape index (κ2) is 3.00. The molecule has 0 fully saturated rings. The molecule has 1 heterocycles. The van der Waals surface area contributed by atoms with E-state index in [-0.39, 0.29) is 0 Å². The van der Waals surface area contributed by atoms with Gasteiger partial charge in [-0.3, -0.25) is 0 Å². The molecule has 3 heteroatoms. The van der Waals surface area contributed by atoms with Crippen LogP contribution in [0.3, 0.4) is 0 Å². The highest BCUT2D eigenvalue weighted by molar-refractivity contribution is 6.35. The van der Waals surface area contributed by atoms with E-state index >= 15 is 0 Å². The lowest BCUT2D eigenvalue weighted by molar-refractivity contribution is 1.21. The van der Waals surface area contributed by atoms with Gasteiger partial charge in [-0.2, -0.15) is 0 Å². The fourth-order valence-electron chi connectivity index (χ4n) is 1.25. The largest absolute Gasteiger partial charge is 0.345 e. The Bertz CT molecular complexity index is 344. The summed E-state index contributed by atoms with van der Waals surface area (Å²) in [6.07, 6.45) is 2.78. The Morgan fingerprint density at radius 1 is 1.25 bits per heavy atom. The van der Waals surface area contributed by atoms with Crippen molar-refractivity contribution in [3.05, 3.63) is 40.0 Å². The van der Waals surface area contributed by atoms with E-state index in [0.717, 1.165) is 17.1 Å². The van der Waals surface area contributed by atoms with Gasteiger partial charge in [0, 0.05) is 0 Å². The summed E-state index contributed by atoms with van der Waals surface area (Å²) in [4.78, 5) is 0. The molecule has 2 rings (SSSR count). The zero-order valence-corrected chi connectivity index (χ0v) is 7.78. The molecule has 0 saturated heterocycles. The van der Waals surface area contributed by atoms with E-state index in [9.17, 15) is 0 Å². The van der Waals surface area contributed by atoms with Gasteiger partial charge >= 0.3 is 0 Å². The smallest absolute Gasteiger partial charge is 0.102 e. The second-order valence-corrected chi connectivity index (χ2v) is 3.47. The summed E-state index contributed by atoms with van der Waals surface area (Å²) in [5, 5.41) is 4.39. The van der Waals surface area contributed by atoms with Gasteiger partial charge in [0.15, 0.2) is 0 Å². The van der Waals surface area contributed by atoms with Gasteiger partial charge in [0.25, 0.3) is 0 Å². The lowest BCUT2D eigenvalue weighted by Gasteiger charge is -2.16. The number of nitrogens with one attached hydrogen (secondary N) is 1. The van der Waals surface area contributed by atoms with Crippen LogP contribution < -0.4 is 5.32 Å². The Morgan fingerprint density at radius 2 is 2.08 bits per heavy atom. The minimum Gasteiger partial charge on any atom is -0.345 e. The average molecular weight is 200 g/mol. The minimum absolute atomic E-state index is 0.649. The summed E-state index contributed by atoms with van der Waals surface area (Å²) in [6, 6.07) is 5.83. The first-order chi connectivity index (χ1) is 5.77. The van der Waals surface area contributed by atoms with Crippen LogP contribution in [0.5, 0.6) is 0 Å². The summed E-state index contributed by atoms with van der Waals surface area (Å²) in [5.41, 5.74) is 2.12. The monoisotopic (exact) mass is 199 g/mol. The maximum absolute atomic E-state index is 5.96. The summed E-state index contributed by atoms with van der Waals surface area (Å²) < 4.78 is 0. The summed E-state index contributed by atoms with van der Waals surface area (Å²) in [7, 11) is 0. The standard InChI is InChI=1S/C9H7Cl2N/c10-7-3-1-2-6-4-5-8(11)12-9(6)7/h1-3,5,12H,4H2. The van der Waals surface area contributed by atoms with Gasteiger partial charge < -0.3 is 5.32 Å². The van der Waals surface area contributed by atoms with Crippen molar-refractivity contribution in [2.75, 3.05) is 5.32 Å². The molecule has 0 amide bonds. The first kappa shape index (κ1) is 7.96. The van der Waals surface area contributed by atoms with Gasteiger partial charge in [-0.05, 0) is 24.1 Å². The van der Waals surface area contributed by atoms with Crippen LogP contribution in [0.2, 0.25) is 5.02 Å². The van der Waals surface area contributed by atoms with Gasteiger partial charge in [0.2, 0.25) is 0 Å². The maximum atomic E-state index is 5.96. The Labute approximate surface area is 81.0 Å². The molecule has 1 aromatic rings. The molecule has 0 spiro atoms. The van der Waals surface area contributed by atoms with Crippen molar-refractivity contribution in [2.24, 2.45) is 0 Å². The molecule has 1 aliphatic heterocycles. The van der Waals surface area contributed by atoms with E-state index in [1.165, 1.54) is 5.56 Å². The molecule has 0 unspecified atom stereocenters. The predicted molar refractivity (Wildman–Crippen MR) is 52.7 cm³/mol. The maximum Gasteiger partial charge on any atom is 0.102 e. The number of para-hydroxylation sites is 1. The lowest BCUT2D eigenvalue weighted by atomic mass is 10.1. The van der Waals surface area contributed by atoms with Gasteiger partial charge in [-0.25, -0.2) is 0 Å². The molecule has 0 radical (unpaired) electrons. The number of hydrogen-bond acceptors (Lipinski definition) is 1. The molecule has 1 aromatic carbocycles. The Morgan fingerprint density at radius 3 is 2.92 bits per heavy atom. The van der Waals surface area contributed by atoms with Crippen LogP contribution in [0.1, 0.15) is 5.56 Å². The minimum atomic E-state index is 0.649. The molecule has 1 nitrogen and oxygen atoms in total. The van der Waals surface area contributed by atoms with Crippen molar-refractivity contribution < 1.29 is 0 Å². The number of hydrogen-bond donors (Lipinski definition) is 1. The van der Waals surface area contributed by atoms with Crippen LogP contribution in [-0.4, -0.2) is 0 Å². The number of allylic oxidation sites excluding steroid dienone is 1.